The molecule has 0 spiro atoms. The van der Waals surface area contributed by atoms with Crippen molar-refractivity contribution in [2.75, 3.05) is 6.61 Å². The van der Waals surface area contributed by atoms with Crippen molar-refractivity contribution in [3.8, 4) is 0 Å². The third kappa shape index (κ3) is 14.4. The zero-order valence-electron chi connectivity index (χ0n) is 16.5. The molecular weight excluding hydrogens is 403 g/mol. The summed E-state index contributed by atoms with van der Waals surface area (Å²) >= 11 is -0.00539. The first kappa shape index (κ1) is 23.7. The average molecular weight is 437 g/mol. The molecule has 0 radical (unpaired) electrons. The molecule has 0 saturated carbocycles. The molecule has 3 nitrogen and oxygen atoms in total. The molecule has 0 saturated heterocycles. The topological polar surface area (TPSA) is 43.4 Å². The van der Waals surface area contributed by atoms with E-state index in [1.807, 2.05) is 18.2 Å². The second-order valence-electron chi connectivity index (χ2n) is 6.80. The van der Waals surface area contributed by atoms with Gasteiger partial charge in [0.25, 0.3) is 0 Å². The number of carbonyl (C=O) groups is 2. The molecule has 0 aliphatic heterocycles. The van der Waals surface area contributed by atoms with E-state index in [9.17, 15) is 9.59 Å². The third-order valence-electron chi connectivity index (χ3n) is 4.41. The number of ether oxygens (including phenoxy) is 1. The molecular formula is C23H34O3Se. The van der Waals surface area contributed by atoms with Gasteiger partial charge < -0.3 is 4.74 Å². The molecule has 0 aromatic heterocycles. The third-order valence-corrected chi connectivity index (χ3v) is 6.38. The summed E-state index contributed by atoms with van der Waals surface area (Å²) in [7, 11) is 0. The van der Waals surface area contributed by atoms with E-state index in [1.165, 1.54) is 61.9 Å². The van der Waals surface area contributed by atoms with E-state index in [0.29, 0.717) is 11.3 Å². The number of hydrogen-bond donors (Lipinski definition) is 0. The van der Waals surface area contributed by atoms with Gasteiger partial charge >= 0.3 is 136 Å². The first-order valence-corrected chi connectivity index (χ1v) is 12.0. The molecule has 1 aromatic carbocycles. The Morgan fingerprint density at radius 1 is 0.815 bits per heavy atom. The Bertz CT molecular complexity index is 528. The molecule has 0 bridgehead atoms. The fraction of sp³-hybridized carbons (Fsp3) is 0.565. The van der Waals surface area contributed by atoms with Crippen LogP contribution in [0.15, 0.2) is 43.0 Å². The Balaban J connectivity index is 1.79. The molecule has 0 aliphatic carbocycles. The SMILES string of the molecule is C=CC(=O)OCCCCCCCCCCCCCC(=O)[Se]c1ccccc1. The minimum atomic E-state index is -0.323. The first-order valence-electron chi connectivity index (χ1n) is 10.3. The quantitative estimate of drug-likeness (QED) is 0.150. The summed E-state index contributed by atoms with van der Waals surface area (Å²) < 4.78 is 6.56. The van der Waals surface area contributed by atoms with Gasteiger partial charge in [-0.3, -0.25) is 0 Å². The molecule has 1 rings (SSSR count). The van der Waals surface area contributed by atoms with Gasteiger partial charge in [-0.05, 0) is 6.42 Å². The summed E-state index contributed by atoms with van der Waals surface area (Å²) in [6.07, 6.45) is 15.2. The number of benzene rings is 1. The molecule has 0 N–H and O–H groups in total. The van der Waals surface area contributed by atoms with E-state index >= 15 is 0 Å². The van der Waals surface area contributed by atoms with Gasteiger partial charge in [-0.15, -0.1) is 0 Å². The molecule has 150 valence electrons. The molecule has 0 fully saturated rings. The fourth-order valence-electron chi connectivity index (χ4n) is 2.87. The standard InChI is InChI=1S/C23H34O3Se/c1-2-22(24)26-20-16-11-9-7-5-3-4-6-8-10-15-19-23(25)27-21-17-13-12-14-18-21/h2,12-14,17-18H,1,3-11,15-16,19-20H2. The van der Waals surface area contributed by atoms with Crippen molar-refractivity contribution < 1.29 is 14.3 Å². The number of unbranched alkanes of at least 4 members (excludes halogenated alkanes) is 10. The number of carbonyl (C=O) groups excluding carboxylic acids is 2. The van der Waals surface area contributed by atoms with Crippen molar-refractivity contribution >= 4 is 30.1 Å². The van der Waals surface area contributed by atoms with Crippen LogP contribution in [-0.4, -0.2) is 32.2 Å². The second kappa shape index (κ2) is 16.8. The first-order chi connectivity index (χ1) is 13.2. The van der Waals surface area contributed by atoms with E-state index in [1.54, 1.807) is 0 Å². The molecule has 0 unspecified atom stereocenters. The van der Waals surface area contributed by atoms with Gasteiger partial charge in [0.1, 0.15) is 0 Å². The Kier molecular flexibility index (Phi) is 14.7. The van der Waals surface area contributed by atoms with Crippen LogP contribution < -0.4 is 4.46 Å². The summed E-state index contributed by atoms with van der Waals surface area (Å²) in [5, 5.41) is 0. The molecule has 1 aromatic rings. The van der Waals surface area contributed by atoms with Gasteiger partial charge in [0.05, 0.1) is 6.61 Å². The maximum atomic E-state index is 12.0. The molecule has 4 heteroatoms. The molecule has 0 heterocycles. The Morgan fingerprint density at radius 3 is 1.89 bits per heavy atom. The van der Waals surface area contributed by atoms with E-state index in [0.717, 1.165) is 25.7 Å². The van der Waals surface area contributed by atoms with Crippen LogP contribution in [0.4, 0.5) is 0 Å². The zero-order valence-corrected chi connectivity index (χ0v) is 18.2. The fourth-order valence-corrected chi connectivity index (χ4v) is 4.55. The molecule has 0 atom stereocenters. The normalized spacial score (nSPS) is 10.5. The molecule has 0 aliphatic rings. The average Bonchev–Trinajstić information content (AvgIpc) is 2.68. The van der Waals surface area contributed by atoms with Gasteiger partial charge in [-0.2, -0.15) is 0 Å². The molecule has 27 heavy (non-hydrogen) atoms. The van der Waals surface area contributed by atoms with Gasteiger partial charge in [0.2, 0.25) is 0 Å². The Morgan fingerprint density at radius 2 is 1.33 bits per heavy atom. The van der Waals surface area contributed by atoms with Gasteiger partial charge in [0.15, 0.2) is 0 Å². The number of rotatable bonds is 17. The van der Waals surface area contributed by atoms with Crippen LogP contribution in [-0.2, 0) is 14.3 Å². The summed E-state index contributed by atoms with van der Waals surface area (Å²) in [4.78, 5) is 22.8. The van der Waals surface area contributed by atoms with Crippen LogP contribution >= 0.6 is 0 Å². The van der Waals surface area contributed by atoms with Crippen molar-refractivity contribution in [3.05, 3.63) is 43.0 Å². The van der Waals surface area contributed by atoms with Gasteiger partial charge in [0, 0.05) is 6.08 Å². The number of esters is 1. The predicted molar refractivity (Wildman–Crippen MR) is 113 cm³/mol. The van der Waals surface area contributed by atoms with E-state index in [-0.39, 0.29) is 20.9 Å². The van der Waals surface area contributed by atoms with E-state index in [2.05, 4.69) is 18.7 Å². The van der Waals surface area contributed by atoms with Crippen molar-refractivity contribution in [3.63, 3.8) is 0 Å². The van der Waals surface area contributed by atoms with E-state index in [4.69, 9.17) is 4.74 Å². The van der Waals surface area contributed by atoms with Crippen molar-refractivity contribution in [2.45, 2.75) is 77.0 Å². The van der Waals surface area contributed by atoms with Crippen molar-refractivity contribution in [1.82, 2.24) is 0 Å². The van der Waals surface area contributed by atoms with Crippen LogP contribution in [0.25, 0.3) is 0 Å². The zero-order chi connectivity index (χ0) is 19.6. The number of hydrogen-bond acceptors (Lipinski definition) is 3. The van der Waals surface area contributed by atoms with E-state index < -0.39 is 0 Å². The minimum absolute atomic E-state index is 0.00539. The van der Waals surface area contributed by atoms with Crippen LogP contribution in [0.1, 0.15) is 77.0 Å². The molecule has 0 amide bonds. The van der Waals surface area contributed by atoms with Gasteiger partial charge in [-0.25, -0.2) is 4.79 Å². The van der Waals surface area contributed by atoms with Crippen LogP contribution in [0.5, 0.6) is 0 Å². The predicted octanol–water partition coefficient (Wildman–Crippen LogP) is 4.95. The Hall–Kier alpha value is -1.38. The van der Waals surface area contributed by atoms with Crippen LogP contribution in [0.3, 0.4) is 0 Å². The van der Waals surface area contributed by atoms with Crippen LogP contribution in [0.2, 0.25) is 0 Å². The summed E-state index contributed by atoms with van der Waals surface area (Å²) in [6, 6.07) is 10.1. The summed E-state index contributed by atoms with van der Waals surface area (Å²) in [5.41, 5.74) is 0. The second-order valence-corrected chi connectivity index (χ2v) is 9.17. The summed E-state index contributed by atoms with van der Waals surface area (Å²) in [6.45, 7) is 3.89. The van der Waals surface area contributed by atoms with Crippen LogP contribution in [0, 0.1) is 0 Å². The summed E-state index contributed by atoms with van der Waals surface area (Å²) in [5.74, 6) is -0.323. The van der Waals surface area contributed by atoms with Crippen molar-refractivity contribution in [1.29, 1.82) is 0 Å². The van der Waals surface area contributed by atoms with Crippen molar-refractivity contribution in [2.24, 2.45) is 0 Å². The van der Waals surface area contributed by atoms with Gasteiger partial charge in [-0.1, -0.05) is 6.58 Å². The maximum absolute atomic E-state index is 12.0. The Labute approximate surface area is 171 Å². The monoisotopic (exact) mass is 438 g/mol.